The van der Waals surface area contributed by atoms with Crippen LogP contribution in [0.25, 0.3) is 0 Å². The van der Waals surface area contributed by atoms with E-state index in [0.717, 1.165) is 39.0 Å². The summed E-state index contributed by atoms with van der Waals surface area (Å²) in [6, 6.07) is 7.85. The van der Waals surface area contributed by atoms with Crippen LogP contribution in [0, 0.1) is 27.7 Å². The van der Waals surface area contributed by atoms with Gasteiger partial charge in [0.05, 0.1) is 0 Å². The molecule has 0 saturated carbocycles. The number of allylic oxidation sites excluding steroid dienone is 1. The highest BCUT2D eigenvalue weighted by molar-refractivity contribution is 5.56. The zero-order chi connectivity index (χ0) is 16.6. The third-order valence-electron chi connectivity index (χ3n) is 4.06. The molecular weight excluding hydrogens is 272 g/mol. The maximum absolute atomic E-state index is 10.5. The number of hydrogen-bond donors (Lipinski definition) is 2. The Kier molecular flexibility index (Phi) is 4.32. The number of hydrogen-bond acceptors (Lipinski definition) is 2. The van der Waals surface area contributed by atoms with Crippen molar-refractivity contribution in [3.05, 3.63) is 69.8 Å². The molecule has 2 heteroatoms. The topological polar surface area (TPSA) is 40.5 Å². The normalized spacial score (nSPS) is 11.0. The van der Waals surface area contributed by atoms with Crippen molar-refractivity contribution >= 4 is 0 Å². The Hall–Kier alpha value is -2.22. The lowest BCUT2D eigenvalue weighted by molar-refractivity contribution is 0.453. The minimum atomic E-state index is -0.225. The molecular formula is C20H24O2. The van der Waals surface area contributed by atoms with Crippen molar-refractivity contribution in [3.8, 4) is 11.5 Å². The van der Waals surface area contributed by atoms with Gasteiger partial charge in [-0.1, -0.05) is 47.5 Å². The number of phenols is 2. The molecule has 0 saturated heterocycles. The van der Waals surface area contributed by atoms with Gasteiger partial charge in [-0.3, -0.25) is 0 Å². The Morgan fingerprint density at radius 3 is 1.50 bits per heavy atom. The van der Waals surface area contributed by atoms with Crippen LogP contribution >= 0.6 is 0 Å². The summed E-state index contributed by atoms with van der Waals surface area (Å²) < 4.78 is 0. The van der Waals surface area contributed by atoms with E-state index in [9.17, 15) is 10.2 Å². The largest absolute Gasteiger partial charge is 0.507 e. The van der Waals surface area contributed by atoms with Crippen LogP contribution in [0.3, 0.4) is 0 Å². The number of phenolic OH excluding ortho intramolecular Hbond substituents is 2. The number of aryl methyl sites for hydroxylation is 4. The molecule has 0 aromatic heterocycles. The summed E-state index contributed by atoms with van der Waals surface area (Å²) in [5.41, 5.74) is 6.33. The fourth-order valence-electron chi connectivity index (χ4n) is 3.12. The number of rotatable bonds is 3. The Morgan fingerprint density at radius 1 is 0.818 bits per heavy atom. The molecule has 2 nitrogen and oxygen atoms in total. The number of benzene rings is 2. The first-order valence-electron chi connectivity index (χ1n) is 7.48. The molecule has 0 aliphatic carbocycles. The third kappa shape index (κ3) is 2.87. The van der Waals surface area contributed by atoms with Crippen LogP contribution in [0.5, 0.6) is 11.5 Å². The molecule has 0 amide bonds. The van der Waals surface area contributed by atoms with Crippen LogP contribution in [-0.2, 0) is 0 Å². The third-order valence-corrected chi connectivity index (χ3v) is 4.06. The second-order valence-electron chi connectivity index (χ2n) is 6.32. The standard InChI is InChI=1S/C20H24O2/c1-11(2)18(16-9-12(3)7-14(5)19(16)21)17-10-13(4)8-15(6)20(17)22/h7-10,18,21-22H,1H2,2-6H3. The second-order valence-corrected chi connectivity index (χ2v) is 6.32. The van der Waals surface area contributed by atoms with Gasteiger partial charge in [-0.15, -0.1) is 0 Å². The van der Waals surface area contributed by atoms with Gasteiger partial charge >= 0.3 is 0 Å². The first kappa shape index (κ1) is 16.2. The summed E-state index contributed by atoms with van der Waals surface area (Å²) in [4.78, 5) is 0. The zero-order valence-corrected chi connectivity index (χ0v) is 14.0. The highest BCUT2D eigenvalue weighted by Gasteiger charge is 2.23. The first-order chi connectivity index (χ1) is 10.2. The zero-order valence-electron chi connectivity index (χ0n) is 14.0. The van der Waals surface area contributed by atoms with E-state index in [1.807, 2.05) is 58.9 Å². The molecule has 0 spiro atoms. The van der Waals surface area contributed by atoms with Gasteiger partial charge in [-0.05, 0) is 45.7 Å². The molecule has 2 rings (SSSR count). The lowest BCUT2D eigenvalue weighted by Gasteiger charge is -2.23. The molecule has 116 valence electrons. The van der Waals surface area contributed by atoms with E-state index in [0.29, 0.717) is 0 Å². The molecule has 2 aromatic rings. The predicted octanol–water partition coefficient (Wildman–Crippen LogP) is 5.04. The Morgan fingerprint density at radius 2 is 1.18 bits per heavy atom. The van der Waals surface area contributed by atoms with E-state index >= 15 is 0 Å². The van der Waals surface area contributed by atoms with E-state index in [1.165, 1.54) is 0 Å². The first-order valence-corrected chi connectivity index (χ1v) is 7.48. The van der Waals surface area contributed by atoms with Crippen molar-refractivity contribution in [2.75, 3.05) is 0 Å². The summed E-state index contributed by atoms with van der Waals surface area (Å²) in [6.07, 6.45) is 0. The van der Waals surface area contributed by atoms with Gasteiger partial charge in [0.15, 0.2) is 0 Å². The van der Waals surface area contributed by atoms with Crippen molar-refractivity contribution in [3.63, 3.8) is 0 Å². The van der Waals surface area contributed by atoms with E-state index < -0.39 is 0 Å². The maximum atomic E-state index is 10.5. The molecule has 2 aromatic carbocycles. The van der Waals surface area contributed by atoms with E-state index in [2.05, 4.69) is 6.58 Å². The van der Waals surface area contributed by atoms with Crippen LogP contribution in [0.2, 0.25) is 0 Å². The van der Waals surface area contributed by atoms with Gasteiger partial charge in [0.2, 0.25) is 0 Å². The lowest BCUT2D eigenvalue weighted by Crippen LogP contribution is -2.05. The van der Waals surface area contributed by atoms with Gasteiger partial charge in [0, 0.05) is 17.0 Å². The Balaban J connectivity index is 2.75. The number of aromatic hydroxyl groups is 2. The summed E-state index contributed by atoms with van der Waals surface area (Å²) in [7, 11) is 0. The fourth-order valence-corrected chi connectivity index (χ4v) is 3.12. The van der Waals surface area contributed by atoms with Crippen LogP contribution in [-0.4, -0.2) is 10.2 Å². The Bertz CT molecular complexity index is 684. The summed E-state index contributed by atoms with van der Waals surface area (Å²) in [6.45, 7) is 13.8. The van der Waals surface area contributed by atoms with Crippen LogP contribution < -0.4 is 0 Å². The summed E-state index contributed by atoms with van der Waals surface area (Å²) >= 11 is 0. The van der Waals surface area contributed by atoms with Crippen molar-refractivity contribution in [2.45, 2.75) is 40.5 Å². The van der Waals surface area contributed by atoms with E-state index in [1.54, 1.807) is 0 Å². The molecule has 0 atom stereocenters. The molecule has 0 aliphatic heterocycles. The van der Waals surface area contributed by atoms with Gasteiger partial charge in [-0.2, -0.15) is 0 Å². The summed E-state index contributed by atoms with van der Waals surface area (Å²) in [5.74, 6) is 0.325. The van der Waals surface area contributed by atoms with Gasteiger partial charge in [0.1, 0.15) is 11.5 Å². The minimum Gasteiger partial charge on any atom is -0.507 e. The maximum Gasteiger partial charge on any atom is 0.122 e. The molecule has 22 heavy (non-hydrogen) atoms. The van der Waals surface area contributed by atoms with Gasteiger partial charge < -0.3 is 10.2 Å². The smallest absolute Gasteiger partial charge is 0.122 e. The van der Waals surface area contributed by atoms with Crippen LogP contribution in [0.4, 0.5) is 0 Å². The predicted molar refractivity (Wildman–Crippen MR) is 91.8 cm³/mol. The van der Waals surface area contributed by atoms with Crippen LogP contribution in [0.1, 0.15) is 46.2 Å². The second kappa shape index (κ2) is 5.88. The minimum absolute atomic E-state index is 0.225. The average Bonchev–Trinajstić information content (AvgIpc) is 2.40. The fraction of sp³-hybridized carbons (Fsp3) is 0.300. The van der Waals surface area contributed by atoms with Crippen molar-refractivity contribution in [1.82, 2.24) is 0 Å². The molecule has 0 unspecified atom stereocenters. The SMILES string of the molecule is C=C(C)C(c1cc(C)cc(C)c1O)c1cc(C)cc(C)c1O. The highest BCUT2D eigenvalue weighted by atomic mass is 16.3. The Labute approximate surface area is 132 Å². The van der Waals surface area contributed by atoms with Crippen LogP contribution in [0.15, 0.2) is 36.4 Å². The monoisotopic (exact) mass is 296 g/mol. The molecule has 0 fully saturated rings. The van der Waals surface area contributed by atoms with E-state index in [-0.39, 0.29) is 17.4 Å². The highest BCUT2D eigenvalue weighted by Crippen LogP contribution is 2.42. The molecule has 0 aliphatic rings. The quantitative estimate of drug-likeness (QED) is 0.779. The van der Waals surface area contributed by atoms with Gasteiger partial charge in [0.25, 0.3) is 0 Å². The van der Waals surface area contributed by atoms with Gasteiger partial charge in [-0.25, -0.2) is 0 Å². The van der Waals surface area contributed by atoms with Crippen molar-refractivity contribution in [2.24, 2.45) is 0 Å². The van der Waals surface area contributed by atoms with Crippen molar-refractivity contribution < 1.29 is 10.2 Å². The lowest BCUT2D eigenvalue weighted by atomic mass is 9.82. The summed E-state index contributed by atoms with van der Waals surface area (Å²) in [5, 5.41) is 21.0. The van der Waals surface area contributed by atoms with Crippen molar-refractivity contribution in [1.29, 1.82) is 0 Å². The molecule has 0 radical (unpaired) electrons. The average molecular weight is 296 g/mol. The molecule has 2 N–H and O–H groups in total. The molecule has 0 heterocycles. The molecule has 0 bridgehead atoms. The van der Waals surface area contributed by atoms with E-state index in [4.69, 9.17) is 0 Å².